The highest BCUT2D eigenvalue weighted by molar-refractivity contribution is 6.54. The molecule has 1 saturated heterocycles. The Morgan fingerprint density at radius 2 is 1.27 bits per heavy atom. The Kier molecular flexibility index (Phi) is 15.5. The first-order valence-electron chi connectivity index (χ1n) is 9.80. The molecule has 0 atom stereocenters. The fraction of sp³-hybridized carbons (Fsp3) is 0.789. The molecule has 26 heavy (non-hydrogen) atoms. The van der Waals surface area contributed by atoms with Crippen molar-refractivity contribution < 1.29 is 9.31 Å². The molecule has 7 heteroatoms. The maximum atomic E-state index is 5.92. The molecule has 146 valence electrons. The van der Waals surface area contributed by atoms with Gasteiger partial charge < -0.3 is 19.9 Å². The van der Waals surface area contributed by atoms with E-state index in [0.717, 1.165) is 31.7 Å². The average molecular weight is 360 g/mol. The Balaban J connectivity index is 0. The monoisotopic (exact) mass is 360 g/mol. The van der Waals surface area contributed by atoms with Crippen LogP contribution in [0.5, 0.6) is 0 Å². The van der Waals surface area contributed by atoms with Crippen molar-refractivity contribution in [1.29, 1.82) is 0 Å². The van der Waals surface area contributed by atoms with E-state index < -0.39 is 0 Å². The molecule has 0 aromatic carbocycles. The molecule has 0 bridgehead atoms. The molecule has 0 aromatic rings. The predicted molar refractivity (Wildman–Crippen MR) is 118 cm³/mol. The number of hydrogen-bond donors (Lipinski definition) is 2. The number of hydrogen-bond acceptors (Lipinski definition) is 4. The summed E-state index contributed by atoms with van der Waals surface area (Å²) in [5, 5.41) is 6.31. The van der Waals surface area contributed by atoms with Gasteiger partial charge in [-0.15, -0.1) is 5.47 Å². The third-order valence-corrected chi connectivity index (χ3v) is 4.23. The van der Waals surface area contributed by atoms with Crippen molar-refractivity contribution in [3.05, 3.63) is 23.1 Å². The lowest BCUT2D eigenvalue weighted by atomic mass is 9.79. The van der Waals surface area contributed by atoms with Crippen LogP contribution in [0.15, 0.2) is 23.1 Å². The van der Waals surface area contributed by atoms with Gasteiger partial charge in [0, 0.05) is 26.2 Å². The van der Waals surface area contributed by atoms with E-state index in [9.17, 15) is 0 Å². The molecule has 3 rings (SSSR count). The first-order chi connectivity index (χ1) is 12.3. The predicted octanol–water partition coefficient (Wildman–Crippen LogP) is 3.04. The summed E-state index contributed by atoms with van der Waals surface area (Å²) >= 11 is 0. The van der Waals surface area contributed by atoms with E-state index in [-0.39, 0.29) is 18.3 Å². The van der Waals surface area contributed by atoms with Crippen LogP contribution in [0.2, 0.25) is 6.82 Å². The van der Waals surface area contributed by atoms with Gasteiger partial charge in [-0.3, -0.25) is 0 Å². The van der Waals surface area contributed by atoms with Crippen LogP contribution in [0, 0.1) is 0 Å². The van der Waals surface area contributed by atoms with Gasteiger partial charge in [-0.25, -0.2) is 0 Å². The van der Waals surface area contributed by atoms with Gasteiger partial charge in [0.1, 0.15) is 7.85 Å². The highest BCUT2D eigenvalue weighted by atomic mass is 16.7. The summed E-state index contributed by atoms with van der Waals surface area (Å²) < 4.78 is 11.8. The minimum atomic E-state index is -0.221. The van der Waals surface area contributed by atoms with Gasteiger partial charge in [-0.05, 0) is 33.2 Å². The standard InChI is InChI=1S/C10H18BNO2.C4H6BN.2C2H6.CH3B/c1-9(2)10(3,4)14-11(13-9)8-5-6-12-7-8;5-4-1-2-6-3-4;3*1-2/h5,12H,6-7H2,1-4H3;1,6H,2-3H2;2*1-2H3;1H3. The van der Waals surface area contributed by atoms with Gasteiger partial charge in [-0.2, -0.15) is 0 Å². The van der Waals surface area contributed by atoms with Crippen LogP contribution in [0.25, 0.3) is 0 Å². The number of rotatable bonds is 1. The molecule has 1 fully saturated rings. The second-order valence-corrected chi connectivity index (χ2v) is 6.41. The van der Waals surface area contributed by atoms with Crippen LogP contribution in [0.3, 0.4) is 0 Å². The molecular weight excluding hydrogens is 321 g/mol. The molecule has 3 heterocycles. The second kappa shape index (κ2) is 14.6. The summed E-state index contributed by atoms with van der Waals surface area (Å²) in [7, 11) is 9.68. The van der Waals surface area contributed by atoms with Crippen molar-refractivity contribution in [2.24, 2.45) is 0 Å². The van der Waals surface area contributed by atoms with E-state index in [2.05, 4.69) is 52.3 Å². The molecule has 3 aliphatic heterocycles. The van der Waals surface area contributed by atoms with E-state index in [1.54, 1.807) is 0 Å². The molecule has 4 radical (unpaired) electrons. The highest BCUT2D eigenvalue weighted by Crippen LogP contribution is 2.38. The number of nitrogens with one attached hydrogen (secondary N) is 2. The maximum Gasteiger partial charge on any atom is 0.491 e. The van der Waals surface area contributed by atoms with Gasteiger partial charge in [-0.1, -0.05) is 46.7 Å². The minimum Gasteiger partial charge on any atom is -0.400 e. The Morgan fingerprint density at radius 3 is 1.54 bits per heavy atom. The first kappa shape index (κ1) is 27.7. The molecule has 3 aliphatic rings. The molecule has 0 aromatic heterocycles. The Labute approximate surface area is 165 Å². The Hall–Kier alpha value is -0.485. The molecule has 0 unspecified atom stereocenters. The topological polar surface area (TPSA) is 42.5 Å². The largest absolute Gasteiger partial charge is 0.491 e. The van der Waals surface area contributed by atoms with Gasteiger partial charge in [0.15, 0.2) is 0 Å². The molecule has 0 saturated carbocycles. The summed E-state index contributed by atoms with van der Waals surface area (Å²) in [6.45, 7) is 21.5. The van der Waals surface area contributed by atoms with E-state index in [1.807, 2.05) is 33.8 Å². The summed E-state index contributed by atoms with van der Waals surface area (Å²) in [5.41, 5.74) is 1.75. The Bertz CT molecular complexity index is 409. The third-order valence-electron chi connectivity index (χ3n) is 4.23. The maximum absolute atomic E-state index is 5.92. The summed E-state index contributed by atoms with van der Waals surface area (Å²) in [5.74, 6) is 0. The quantitative estimate of drug-likeness (QED) is 0.706. The Morgan fingerprint density at radius 1 is 0.846 bits per heavy atom. The van der Waals surface area contributed by atoms with Gasteiger partial charge in [0.25, 0.3) is 0 Å². The minimum absolute atomic E-state index is 0.157. The highest BCUT2D eigenvalue weighted by Gasteiger charge is 2.52. The molecule has 2 N–H and O–H groups in total. The van der Waals surface area contributed by atoms with Crippen molar-refractivity contribution in [1.82, 2.24) is 10.6 Å². The van der Waals surface area contributed by atoms with Gasteiger partial charge in [0.2, 0.25) is 0 Å². The molecule has 4 nitrogen and oxygen atoms in total. The van der Waals surface area contributed by atoms with Crippen molar-refractivity contribution in [3.63, 3.8) is 0 Å². The van der Waals surface area contributed by atoms with Crippen molar-refractivity contribution in [2.45, 2.75) is 73.4 Å². The van der Waals surface area contributed by atoms with E-state index in [4.69, 9.17) is 17.2 Å². The molecule has 0 aliphatic carbocycles. The van der Waals surface area contributed by atoms with Crippen LogP contribution in [-0.2, 0) is 9.31 Å². The van der Waals surface area contributed by atoms with Crippen LogP contribution in [0.1, 0.15) is 55.4 Å². The van der Waals surface area contributed by atoms with E-state index >= 15 is 0 Å². The molecular formula is C19H39B3N2O2. The van der Waals surface area contributed by atoms with Crippen LogP contribution in [0.4, 0.5) is 0 Å². The van der Waals surface area contributed by atoms with Gasteiger partial charge >= 0.3 is 7.12 Å². The first-order valence-corrected chi connectivity index (χ1v) is 9.80. The fourth-order valence-electron chi connectivity index (χ4n) is 2.16. The smallest absolute Gasteiger partial charge is 0.400 e. The van der Waals surface area contributed by atoms with Crippen molar-refractivity contribution >= 4 is 22.8 Å². The van der Waals surface area contributed by atoms with Gasteiger partial charge in [0.05, 0.1) is 19.0 Å². The lowest BCUT2D eigenvalue weighted by molar-refractivity contribution is 0.00578. The molecule has 0 spiro atoms. The van der Waals surface area contributed by atoms with E-state index in [1.165, 1.54) is 12.3 Å². The lowest BCUT2D eigenvalue weighted by Gasteiger charge is -2.32. The van der Waals surface area contributed by atoms with E-state index in [0.29, 0.717) is 0 Å². The zero-order chi connectivity index (χ0) is 20.8. The summed E-state index contributed by atoms with van der Waals surface area (Å²) in [4.78, 5) is 0. The van der Waals surface area contributed by atoms with Crippen molar-refractivity contribution in [2.75, 3.05) is 26.2 Å². The lowest BCUT2D eigenvalue weighted by Crippen LogP contribution is -2.41. The normalized spacial score (nSPS) is 21.3. The van der Waals surface area contributed by atoms with Crippen LogP contribution in [-0.4, -0.2) is 60.2 Å². The zero-order valence-corrected chi connectivity index (χ0v) is 18.5. The summed E-state index contributed by atoms with van der Waals surface area (Å²) in [6, 6.07) is 0. The SMILES string of the molecule is CC.CC.CC1(C)OB(C2=CCNC2)OC1(C)C.[B]C.[B]C1=CCNC1. The molecule has 0 amide bonds. The third kappa shape index (κ3) is 8.94. The average Bonchev–Trinajstić information content (AvgIpc) is 3.36. The van der Waals surface area contributed by atoms with Crippen LogP contribution >= 0.6 is 0 Å². The van der Waals surface area contributed by atoms with Crippen LogP contribution < -0.4 is 10.6 Å². The zero-order valence-electron chi connectivity index (χ0n) is 18.5. The fourth-order valence-corrected chi connectivity index (χ4v) is 2.16. The van der Waals surface area contributed by atoms with Crippen molar-refractivity contribution in [3.8, 4) is 0 Å². The second-order valence-electron chi connectivity index (χ2n) is 6.41. The summed E-state index contributed by atoms with van der Waals surface area (Å²) in [6.07, 6.45) is 4.14.